The van der Waals surface area contributed by atoms with Gasteiger partial charge < -0.3 is 0 Å². The summed E-state index contributed by atoms with van der Waals surface area (Å²) in [5, 5.41) is 0. The molecule has 0 unspecified atom stereocenters. The van der Waals surface area contributed by atoms with Crippen LogP contribution in [0.2, 0.25) is 0 Å². The summed E-state index contributed by atoms with van der Waals surface area (Å²) in [4.78, 5) is 0. The van der Waals surface area contributed by atoms with Gasteiger partial charge in [-0.3, -0.25) is 0 Å². The topological polar surface area (TPSA) is 0 Å². The summed E-state index contributed by atoms with van der Waals surface area (Å²) in [6, 6.07) is 0. The largest absolute Gasteiger partial charge is 0.162 e. The van der Waals surface area contributed by atoms with Crippen molar-refractivity contribution >= 4 is 335 Å². The van der Waals surface area contributed by atoms with Crippen LogP contribution in [0.3, 0.4) is 0 Å². The lowest BCUT2D eigenvalue weighted by molar-refractivity contribution is 0.572. The van der Waals surface area contributed by atoms with Crippen LogP contribution < -0.4 is 0 Å². The smallest absolute Gasteiger partial charge is 0.0739 e. The van der Waals surface area contributed by atoms with Crippen LogP contribution in [0.5, 0.6) is 0 Å². The zero-order valence-electron chi connectivity index (χ0n) is 13.0. The van der Waals surface area contributed by atoms with E-state index in [9.17, 15) is 0 Å². The molecule has 0 heterocycles. The van der Waals surface area contributed by atoms with E-state index in [1.807, 2.05) is 0 Å². The molecule has 0 rings (SSSR count). The van der Waals surface area contributed by atoms with Gasteiger partial charge in [-0.2, -0.15) is 0 Å². The third kappa shape index (κ3) is 7.49. The standard InChI is InChI=1S/C10HBr21/c11-1(12)2(13,14)3(15,16)4(17,18)5(19,20)6(21,22)7(23,24)8(25,26)9(27,28)10(29,30)31/h1H. The Hall–Kier alpha value is 10.1. The summed E-state index contributed by atoms with van der Waals surface area (Å²) in [6.07, 6.45) is 0. The monoisotopic (exact) mass is 1780 g/mol. The van der Waals surface area contributed by atoms with Crippen molar-refractivity contribution in [1.82, 2.24) is 0 Å². The van der Waals surface area contributed by atoms with Gasteiger partial charge in [-0.15, -0.1) is 0 Å². The van der Waals surface area contributed by atoms with Gasteiger partial charge >= 0.3 is 0 Å². The van der Waals surface area contributed by atoms with Crippen molar-refractivity contribution in [2.75, 3.05) is 0 Å². The summed E-state index contributed by atoms with van der Waals surface area (Å²) in [6.45, 7) is 0. The molecule has 0 aromatic carbocycles. The van der Waals surface area contributed by atoms with Crippen LogP contribution in [0.1, 0.15) is 0 Å². The second-order valence-corrected chi connectivity index (χ2v) is 42.9. The van der Waals surface area contributed by atoms with Crippen LogP contribution in [0.15, 0.2) is 0 Å². The molecule has 0 spiro atoms. The molecule has 0 saturated carbocycles. The lowest BCUT2D eigenvalue weighted by Crippen LogP contribution is -2.69. The van der Waals surface area contributed by atoms with E-state index in [4.69, 9.17) is 0 Å². The fourth-order valence-electron chi connectivity index (χ4n) is 1.51. The van der Waals surface area contributed by atoms with E-state index in [-0.39, 0.29) is 3.74 Å². The summed E-state index contributed by atoms with van der Waals surface area (Å²) in [5.41, 5.74) is 0. The van der Waals surface area contributed by atoms with Crippen molar-refractivity contribution in [3.63, 3.8) is 0 Å². The maximum atomic E-state index is 3.88. The zero-order chi connectivity index (χ0) is 26.1. The second-order valence-electron chi connectivity index (χ2n) is 5.44. The molecule has 0 bridgehead atoms. The van der Waals surface area contributed by atoms with Gasteiger partial charge in [-0.05, 0) is 0 Å². The quantitative estimate of drug-likeness (QED) is 0.213. The third-order valence-electron chi connectivity index (χ3n) is 3.41. The predicted octanol–water partition coefficient (Wildman–Crippen LogP) is 15.8. The Morgan fingerprint density at radius 3 is 0.677 bits per heavy atom. The SMILES string of the molecule is BrC(Br)C(Br)(Br)C(Br)(Br)C(Br)(Br)C(Br)(Br)C(Br)(Br)C(Br)(Br)C(Br)(Br)C(Br)(Br)C(Br)(Br)Br. The van der Waals surface area contributed by atoms with Crippen LogP contribution in [0.25, 0.3) is 0 Å². The molecule has 31 heavy (non-hydrogen) atoms. The van der Waals surface area contributed by atoms with Gasteiger partial charge in [-0.25, -0.2) is 0 Å². The first-order valence-corrected chi connectivity index (χ1v) is 23.2. The molecule has 0 aliphatic heterocycles. The van der Waals surface area contributed by atoms with Gasteiger partial charge in [0.05, 0.1) is 3.74 Å². The van der Waals surface area contributed by atoms with Gasteiger partial charge in [-0.1, -0.05) is 335 Å². The van der Waals surface area contributed by atoms with Crippen LogP contribution in [0.4, 0.5) is 0 Å². The highest BCUT2D eigenvalue weighted by Gasteiger charge is 2.79. The number of rotatable bonds is 8. The van der Waals surface area contributed by atoms with Gasteiger partial charge in [0.15, 0.2) is 2.14 Å². The van der Waals surface area contributed by atoms with Crippen molar-refractivity contribution in [2.45, 2.75) is 31.7 Å². The van der Waals surface area contributed by atoms with Gasteiger partial charge in [0, 0.05) is 0 Å². The molecule has 21 heteroatoms. The first-order valence-electron chi connectivity index (χ1n) is 6.32. The third-order valence-corrected chi connectivity index (χ3v) is 45.9. The van der Waals surface area contributed by atoms with Crippen LogP contribution in [-0.2, 0) is 0 Å². The molecule has 188 valence electrons. The highest BCUT2D eigenvalue weighted by molar-refractivity contribution is 9.42. The van der Waals surface area contributed by atoms with E-state index < -0.39 is 28.0 Å². The second kappa shape index (κ2) is 13.6. The van der Waals surface area contributed by atoms with Gasteiger partial charge in [0.2, 0.25) is 0 Å². The van der Waals surface area contributed by atoms with Crippen molar-refractivity contribution in [1.29, 1.82) is 0 Å². The maximum Gasteiger partial charge on any atom is 0.162 e. The Morgan fingerprint density at radius 2 is 0.484 bits per heavy atom. The molecule has 0 nitrogen and oxygen atoms in total. The molecular weight excluding hydrogens is 1800 g/mol. The molecule has 0 aliphatic carbocycles. The molecule has 0 aromatic rings. The number of hydrogen-bond donors (Lipinski definition) is 0. The Morgan fingerprint density at radius 1 is 0.290 bits per heavy atom. The minimum absolute atomic E-state index is 0.214. The molecule has 0 aliphatic rings. The molecule has 0 N–H and O–H groups in total. The Labute approximate surface area is 357 Å². The maximum absolute atomic E-state index is 3.88. The Balaban J connectivity index is 6.91. The fourth-order valence-corrected chi connectivity index (χ4v) is 20.5. The van der Waals surface area contributed by atoms with Crippen LogP contribution in [0, 0.1) is 0 Å². The van der Waals surface area contributed by atoms with Crippen molar-refractivity contribution in [3.8, 4) is 0 Å². The first-order chi connectivity index (χ1) is 12.9. The van der Waals surface area contributed by atoms with Crippen LogP contribution in [-0.4, -0.2) is 31.7 Å². The molecule has 0 aromatic heterocycles. The van der Waals surface area contributed by atoms with E-state index >= 15 is 0 Å². The summed E-state index contributed by atoms with van der Waals surface area (Å²) >= 11 is 79.1. The molecule has 0 amide bonds. The number of halogens is 21. The molecular formula is C10HBr21. The van der Waals surface area contributed by atoms with E-state index in [1.54, 1.807) is 0 Å². The van der Waals surface area contributed by atoms with E-state index in [0.29, 0.717) is 0 Å². The minimum Gasteiger partial charge on any atom is -0.0739 e. The van der Waals surface area contributed by atoms with E-state index in [0.717, 1.165) is 0 Å². The van der Waals surface area contributed by atoms with E-state index in [1.165, 1.54) is 0 Å². The average molecular weight is 1800 g/mol. The Bertz CT molecular complexity index is 650. The lowest BCUT2D eigenvalue weighted by atomic mass is 10.1. The number of hydrogen-bond acceptors (Lipinski definition) is 0. The molecule has 0 fully saturated rings. The molecule has 0 saturated heterocycles. The van der Waals surface area contributed by atoms with Gasteiger partial charge in [0.1, 0.15) is 25.9 Å². The predicted molar refractivity (Wildman–Crippen MR) is 216 cm³/mol. The zero-order valence-corrected chi connectivity index (χ0v) is 46.3. The van der Waals surface area contributed by atoms with E-state index in [2.05, 4.69) is 335 Å². The van der Waals surface area contributed by atoms with Gasteiger partial charge in [0.25, 0.3) is 0 Å². The van der Waals surface area contributed by atoms with Crippen molar-refractivity contribution < 1.29 is 0 Å². The Kier molecular flexibility index (Phi) is 18.0. The number of alkyl halides is 21. The lowest BCUT2D eigenvalue weighted by Gasteiger charge is -2.58. The fraction of sp³-hybridized carbons (Fsp3) is 1.00. The highest BCUT2D eigenvalue weighted by atomic mass is 80.0. The molecule has 0 atom stereocenters. The summed E-state index contributed by atoms with van der Waals surface area (Å²) in [7, 11) is 0. The highest BCUT2D eigenvalue weighted by Crippen LogP contribution is 2.79. The normalized spacial score (nSPS) is 16.8. The van der Waals surface area contributed by atoms with Crippen molar-refractivity contribution in [2.24, 2.45) is 0 Å². The first kappa shape index (κ1) is 41.1. The summed E-state index contributed by atoms with van der Waals surface area (Å²) < 4.78 is -8.72. The van der Waals surface area contributed by atoms with Crippen molar-refractivity contribution in [3.05, 3.63) is 0 Å². The average Bonchev–Trinajstić information content (AvgIpc) is 2.52. The molecule has 0 radical (unpaired) electrons. The van der Waals surface area contributed by atoms with Crippen LogP contribution >= 0.6 is 335 Å². The summed E-state index contributed by atoms with van der Waals surface area (Å²) in [5.74, 6) is 0. The minimum atomic E-state index is -1.05.